The monoisotopic (exact) mass is 522 g/mol. The summed E-state index contributed by atoms with van der Waals surface area (Å²) in [7, 11) is 0. The molecule has 0 N–H and O–H groups in total. The molecule has 39 heavy (non-hydrogen) atoms. The molecule has 0 aliphatic heterocycles. The third-order valence-electron chi connectivity index (χ3n) is 7.82. The van der Waals surface area contributed by atoms with E-state index >= 15 is 0 Å². The number of hydrogen-bond acceptors (Lipinski definition) is 0. The van der Waals surface area contributed by atoms with E-state index in [1.807, 2.05) is 6.08 Å². The van der Waals surface area contributed by atoms with Crippen LogP contribution in [0.15, 0.2) is 102 Å². The second-order valence-corrected chi connectivity index (χ2v) is 11.6. The largest absolute Gasteiger partial charge is 0.0988 e. The Kier molecular flexibility index (Phi) is 14.1. The van der Waals surface area contributed by atoms with Gasteiger partial charge in [0.15, 0.2) is 0 Å². The molecule has 1 saturated carbocycles. The van der Waals surface area contributed by atoms with E-state index in [2.05, 4.69) is 122 Å². The van der Waals surface area contributed by atoms with Gasteiger partial charge in [0.05, 0.1) is 0 Å². The summed E-state index contributed by atoms with van der Waals surface area (Å²) in [6.45, 7) is 23.2. The summed E-state index contributed by atoms with van der Waals surface area (Å²) in [5, 5.41) is 0. The molecule has 0 atom stereocenters. The van der Waals surface area contributed by atoms with Gasteiger partial charge in [-0.3, -0.25) is 0 Å². The van der Waals surface area contributed by atoms with Crippen LogP contribution in [0.1, 0.15) is 121 Å². The van der Waals surface area contributed by atoms with Gasteiger partial charge in [-0.2, -0.15) is 0 Å². The minimum Gasteiger partial charge on any atom is -0.0988 e. The van der Waals surface area contributed by atoms with Crippen molar-refractivity contribution in [3.05, 3.63) is 124 Å². The molecule has 210 valence electrons. The molecular formula is C39H54. The van der Waals surface area contributed by atoms with Crippen LogP contribution in [0, 0.1) is 12.8 Å². The zero-order valence-electron chi connectivity index (χ0n) is 26.1. The molecule has 0 heterocycles. The highest BCUT2D eigenvalue weighted by Crippen LogP contribution is 2.34. The summed E-state index contributed by atoms with van der Waals surface area (Å²) in [6, 6.07) is 18.2. The highest BCUT2D eigenvalue weighted by molar-refractivity contribution is 5.82. The van der Waals surface area contributed by atoms with E-state index < -0.39 is 0 Å². The van der Waals surface area contributed by atoms with Gasteiger partial charge in [0.2, 0.25) is 0 Å². The average Bonchev–Trinajstić information content (AvgIpc) is 2.90. The number of benzene rings is 2. The minimum absolute atomic E-state index is 0.580. The molecule has 2 aromatic carbocycles. The van der Waals surface area contributed by atoms with Crippen molar-refractivity contribution in [2.24, 2.45) is 5.92 Å². The van der Waals surface area contributed by atoms with Crippen LogP contribution < -0.4 is 0 Å². The molecule has 1 aliphatic carbocycles. The molecule has 1 fully saturated rings. The number of aryl methyl sites for hydroxylation is 1. The van der Waals surface area contributed by atoms with E-state index in [1.54, 1.807) is 5.57 Å². The molecule has 3 rings (SSSR count). The number of hydrogen-bond donors (Lipinski definition) is 0. The van der Waals surface area contributed by atoms with Gasteiger partial charge in [-0.15, -0.1) is 0 Å². The van der Waals surface area contributed by atoms with Gasteiger partial charge < -0.3 is 0 Å². The predicted molar refractivity (Wildman–Crippen MR) is 176 cm³/mol. The molecule has 2 aromatic rings. The Morgan fingerprint density at radius 2 is 1.46 bits per heavy atom. The Morgan fingerprint density at radius 3 is 1.85 bits per heavy atom. The van der Waals surface area contributed by atoms with Crippen molar-refractivity contribution in [1.82, 2.24) is 0 Å². The van der Waals surface area contributed by atoms with Crippen LogP contribution in [-0.2, 0) is 0 Å². The maximum absolute atomic E-state index is 3.98. The molecule has 1 aliphatic rings. The highest BCUT2D eigenvalue weighted by atomic mass is 14.2. The number of rotatable bonds is 12. The van der Waals surface area contributed by atoms with Crippen molar-refractivity contribution in [3.8, 4) is 0 Å². The van der Waals surface area contributed by atoms with Crippen LogP contribution in [0.3, 0.4) is 0 Å². The van der Waals surface area contributed by atoms with Gasteiger partial charge in [0.1, 0.15) is 0 Å². The van der Waals surface area contributed by atoms with E-state index in [-0.39, 0.29) is 0 Å². The first-order valence-electron chi connectivity index (χ1n) is 15.3. The first-order valence-corrected chi connectivity index (χ1v) is 15.3. The summed E-state index contributed by atoms with van der Waals surface area (Å²) < 4.78 is 0. The van der Waals surface area contributed by atoms with E-state index in [0.717, 1.165) is 11.5 Å². The standard InChI is InChI=1S/C24H32.C15H22/c1-6-8-21(9-7-2)24(22-12-10-19(5)11-13-22)23-16-14-20(15-17-23)18(3)4;1-5-13(10-14-8-7-9-14)11-15(6-2)12(3)4/h10-18H,6-9H2,1-5H3;5-6,11,14H,1,3,7-10H2,2,4H3/b;13-11+,15-6+. The fourth-order valence-corrected chi connectivity index (χ4v) is 5.19. The van der Waals surface area contributed by atoms with Gasteiger partial charge >= 0.3 is 0 Å². The van der Waals surface area contributed by atoms with Gasteiger partial charge in [-0.05, 0) is 85.3 Å². The zero-order valence-corrected chi connectivity index (χ0v) is 26.1. The first kappa shape index (κ1) is 32.4. The van der Waals surface area contributed by atoms with E-state index in [0.29, 0.717) is 5.92 Å². The predicted octanol–water partition coefficient (Wildman–Crippen LogP) is 12.3. The van der Waals surface area contributed by atoms with Crippen molar-refractivity contribution in [2.75, 3.05) is 0 Å². The summed E-state index contributed by atoms with van der Waals surface area (Å²) >= 11 is 0. The van der Waals surface area contributed by atoms with Gasteiger partial charge in [-0.25, -0.2) is 0 Å². The molecule has 0 bridgehead atoms. The fourth-order valence-electron chi connectivity index (χ4n) is 5.19. The van der Waals surface area contributed by atoms with Crippen LogP contribution in [0.5, 0.6) is 0 Å². The lowest BCUT2D eigenvalue weighted by molar-refractivity contribution is 0.315. The lowest BCUT2D eigenvalue weighted by Crippen LogP contribution is -2.11. The zero-order chi connectivity index (χ0) is 28.8. The smallest absolute Gasteiger partial charge is 0.0119 e. The molecule has 0 saturated heterocycles. The summed E-state index contributed by atoms with van der Waals surface area (Å²) in [6.07, 6.45) is 16.5. The Hall–Kier alpha value is -2.86. The quantitative estimate of drug-likeness (QED) is 0.243. The SMILES string of the molecule is C=C/C(=C\C(=C/C)C(=C)C)CC1CCC1.CCCC(CCC)=C(c1ccc(C)cc1)c1ccc(C(C)C)cc1. The summed E-state index contributed by atoms with van der Waals surface area (Å²) in [5.74, 6) is 1.48. The molecule has 0 radical (unpaired) electrons. The van der Waals surface area contributed by atoms with Gasteiger partial charge in [0.25, 0.3) is 0 Å². The van der Waals surface area contributed by atoms with E-state index in [1.165, 1.54) is 90.3 Å². The Morgan fingerprint density at radius 1 is 0.923 bits per heavy atom. The summed E-state index contributed by atoms with van der Waals surface area (Å²) in [5.41, 5.74) is 12.2. The topological polar surface area (TPSA) is 0 Å². The second-order valence-electron chi connectivity index (χ2n) is 11.6. The Balaban J connectivity index is 0.000000306. The molecular weight excluding hydrogens is 468 g/mol. The van der Waals surface area contributed by atoms with Crippen molar-refractivity contribution in [3.63, 3.8) is 0 Å². The number of allylic oxidation sites excluding steroid dienone is 7. The van der Waals surface area contributed by atoms with Crippen molar-refractivity contribution < 1.29 is 0 Å². The van der Waals surface area contributed by atoms with Gasteiger partial charge in [-0.1, -0.05) is 156 Å². The van der Waals surface area contributed by atoms with Crippen LogP contribution in [0.2, 0.25) is 0 Å². The summed E-state index contributed by atoms with van der Waals surface area (Å²) in [4.78, 5) is 0. The van der Waals surface area contributed by atoms with Crippen LogP contribution >= 0.6 is 0 Å². The van der Waals surface area contributed by atoms with Gasteiger partial charge in [0, 0.05) is 0 Å². The second kappa shape index (κ2) is 17.0. The molecule has 0 amide bonds. The molecule has 0 unspecified atom stereocenters. The normalized spacial score (nSPS) is 13.8. The maximum atomic E-state index is 3.98. The Bertz CT molecular complexity index is 1120. The molecule has 0 spiro atoms. The van der Waals surface area contributed by atoms with Crippen molar-refractivity contribution in [2.45, 2.75) is 106 Å². The average molecular weight is 523 g/mol. The van der Waals surface area contributed by atoms with Crippen LogP contribution in [-0.4, -0.2) is 0 Å². The lowest BCUT2D eigenvalue weighted by Gasteiger charge is -2.25. The first-order chi connectivity index (χ1) is 18.7. The fraction of sp³-hybridized carbons (Fsp3) is 0.436. The minimum atomic E-state index is 0.580. The Labute approximate surface area is 241 Å². The molecule has 0 nitrogen and oxygen atoms in total. The maximum Gasteiger partial charge on any atom is -0.0119 e. The molecule has 0 aromatic heterocycles. The van der Waals surface area contributed by atoms with Crippen LogP contribution in [0.4, 0.5) is 0 Å². The lowest BCUT2D eigenvalue weighted by atomic mass is 9.80. The third-order valence-corrected chi connectivity index (χ3v) is 7.82. The van der Waals surface area contributed by atoms with E-state index in [9.17, 15) is 0 Å². The highest BCUT2D eigenvalue weighted by Gasteiger charge is 2.18. The van der Waals surface area contributed by atoms with E-state index in [4.69, 9.17) is 0 Å². The molecule has 0 heteroatoms. The van der Waals surface area contributed by atoms with Crippen molar-refractivity contribution in [1.29, 1.82) is 0 Å². The van der Waals surface area contributed by atoms with Crippen LogP contribution in [0.25, 0.3) is 5.57 Å². The third kappa shape index (κ3) is 10.3. The van der Waals surface area contributed by atoms with Crippen molar-refractivity contribution >= 4 is 5.57 Å².